The second-order valence-electron chi connectivity index (χ2n) is 4.36. The predicted octanol–water partition coefficient (Wildman–Crippen LogP) is 4.55. The van der Waals surface area contributed by atoms with E-state index in [0.717, 1.165) is 21.1 Å². The molecular weight excluding hydrogens is 290 g/mol. The van der Waals surface area contributed by atoms with Crippen LogP contribution in [0, 0.1) is 6.92 Å². The number of thiazole rings is 1. The van der Waals surface area contributed by atoms with Crippen molar-refractivity contribution in [3.8, 4) is 21.1 Å². The average molecular weight is 301 g/mol. The van der Waals surface area contributed by atoms with Crippen molar-refractivity contribution in [2.24, 2.45) is 0 Å². The molecule has 2 heterocycles. The first-order valence-electron chi connectivity index (χ1n) is 5.99. The fraction of sp³-hybridized carbons (Fsp3) is 0.0667. The van der Waals surface area contributed by atoms with Crippen molar-refractivity contribution in [2.45, 2.75) is 6.92 Å². The molecular formula is C15H11NO2S2. The first-order chi connectivity index (χ1) is 9.65. The van der Waals surface area contributed by atoms with Crippen LogP contribution in [0.1, 0.15) is 15.9 Å². The number of benzene rings is 1. The minimum absolute atomic E-state index is 0.315. The van der Waals surface area contributed by atoms with Crippen LogP contribution in [0.2, 0.25) is 0 Å². The Morgan fingerprint density at radius 3 is 2.70 bits per heavy atom. The summed E-state index contributed by atoms with van der Waals surface area (Å²) in [6.45, 7) is 2.06. The van der Waals surface area contributed by atoms with E-state index in [-0.39, 0.29) is 0 Å². The molecule has 0 atom stereocenters. The molecule has 100 valence electrons. The Kier molecular flexibility index (Phi) is 3.38. The highest BCUT2D eigenvalue weighted by molar-refractivity contribution is 7.15. The van der Waals surface area contributed by atoms with Crippen molar-refractivity contribution < 1.29 is 9.90 Å². The third kappa shape index (κ3) is 2.37. The van der Waals surface area contributed by atoms with Crippen molar-refractivity contribution in [3.05, 3.63) is 52.2 Å². The Bertz CT molecular complexity index is 774. The molecule has 2 aromatic heterocycles. The standard InChI is InChI=1S/C15H11NO2S2/c1-9-4-2-3-5-11(9)14-16-12(8-20-14)13-6-10(7-19-13)15(17)18/h2-8H,1H3,(H,17,18). The van der Waals surface area contributed by atoms with Gasteiger partial charge in [0.05, 0.1) is 16.1 Å². The number of rotatable bonds is 3. The van der Waals surface area contributed by atoms with E-state index in [1.54, 1.807) is 22.8 Å². The highest BCUT2D eigenvalue weighted by Gasteiger charge is 2.12. The fourth-order valence-electron chi connectivity index (χ4n) is 1.91. The zero-order valence-electron chi connectivity index (χ0n) is 10.7. The van der Waals surface area contributed by atoms with E-state index in [9.17, 15) is 4.79 Å². The molecule has 0 saturated carbocycles. The van der Waals surface area contributed by atoms with Crippen LogP contribution in [0.5, 0.6) is 0 Å². The normalized spacial score (nSPS) is 10.7. The molecule has 5 heteroatoms. The molecule has 0 unspecified atom stereocenters. The molecule has 0 aliphatic heterocycles. The molecule has 0 radical (unpaired) electrons. The van der Waals surface area contributed by atoms with Gasteiger partial charge in [0.1, 0.15) is 5.01 Å². The number of thiophene rings is 1. The first kappa shape index (κ1) is 13.0. The Labute approximate surface area is 124 Å². The monoisotopic (exact) mass is 301 g/mol. The van der Waals surface area contributed by atoms with Gasteiger partial charge in [-0.1, -0.05) is 24.3 Å². The lowest BCUT2D eigenvalue weighted by Crippen LogP contribution is -1.91. The van der Waals surface area contributed by atoms with Gasteiger partial charge in [0.25, 0.3) is 0 Å². The number of aromatic carboxylic acids is 1. The van der Waals surface area contributed by atoms with Gasteiger partial charge in [-0.2, -0.15) is 0 Å². The van der Waals surface area contributed by atoms with E-state index < -0.39 is 5.97 Å². The van der Waals surface area contributed by atoms with Crippen molar-refractivity contribution >= 4 is 28.6 Å². The van der Waals surface area contributed by atoms with Crippen LogP contribution in [0.3, 0.4) is 0 Å². The molecule has 0 aliphatic rings. The minimum atomic E-state index is -0.901. The molecule has 0 saturated heterocycles. The van der Waals surface area contributed by atoms with Crippen molar-refractivity contribution in [3.63, 3.8) is 0 Å². The van der Waals surface area contributed by atoms with Gasteiger partial charge in [0.15, 0.2) is 0 Å². The van der Waals surface area contributed by atoms with Crippen LogP contribution in [-0.2, 0) is 0 Å². The first-order valence-corrected chi connectivity index (χ1v) is 7.75. The zero-order chi connectivity index (χ0) is 14.1. The summed E-state index contributed by atoms with van der Waals surface area (Å²) in [5, 5.41) is 13.5. The fourth-order valence-corrected chi connectivity index (χ4v) is 3.73. The van der Waals surface area contributed by atoms with Crippen LogP contribution >= 0.6 is 22.7 Å². The topological polar surface area (TPSA) is 50.2 Å². The van der Waals surface area contributed by atoms with Crippen LogP contribution in [-0.4, -0.2) is 16.1 Å². The van der Waals surface area contributed by atoms with Crippen LogP contribution in [0.15, 0.2) is 41.1 Å². The maximum absolute atomic E-state index is 10.9. The molecule has 1 aromatic carbocycles. The quantitative estimate of drug-likeness (QED) is 0.772. The molecule has 3 aromatic rings. The maximum atomic E-state index is 10.9. The number of hydrogen-bond donors (Lipinski definition) is 1. The molecule has 1 N–H and O–H groups in total. The van der Waals surface area contributed by atoms with Gasteiger partial charge in [0, 0.05) is 16.3 Å². The zero-order valence-corrected chi connectivity index (χ0v) is 12.3. The molecule has 0 fully saturated rings. The summed E-state index contributed by atoms with van der Waals surface area (Å²) in [4.78, 5) is 16.4. The Morgan fingerprint density at radius 1 is 1.20 bits per heavy atom. The minimum Gasteiger partial charge on any atom is -0.478 e. The van der Waals surface area contributed by atoms with Gasteiger partial charge in [0.2, 0.25) is 0 Å². The summed E-state index contributed by atoms with van der Waals surface area (Å²) >= 11 is 2.98. The van der Waals surface area contributed by atoms with Gasteiger partial charge < -0.3 is 5.11 Å². The molecule has 20 heavy (non-hydrogen) atoms. The van der Waals surface area contributed by atoms with Gasteiger partial charge >= 0.3 is 5.97 Å². The van der Waals surface area contributed by atoms with Gasteiger partial charge in [-0.3, -0.25) is 0 Å². The number of hydrogen-bond acceptors (Lipinski definition) is 4. The number of carboxylic acid groups (broad SMARTS) is 1. The summed E-state index contributed by atoms with van der Waals surface area (Å²) in [6.07, 6.45) is 0. The summed E-state index contributed by atoms with van der Waals surface area (Å²) < 4.78 is 0. The molecule has 0 aliphatic carbocycles. The largest absolute Gasteiger partial charge is 0.478 e. The Morgan fingerprint density at radius 2 is 2.00 bits per heavy atom. The summed E-state index contributed by atoms with van der Waals surface area (Å²) in [5.41, 5.74) is 3.46. The van der Waals surface area contributed by atoms with E-state index in [2.05, 4.69) is 24.0 Å². The van der Waals surface area contributed by atoms with Crippen molar-refractivity contribution in [1.82, 2.24) is 4.98 Å². The second-order valence-corrected chi connectivity index (χ2v) is 6.13. The van der Waals surface area contributed by atoms with Gasteiger partial charge in [-0.05, 0) is 18.6 Å². The summed E-state index contributed by atoms with van der Waals surface area (Å²) in [7, 11) is 0. The van der Waals surface area contributed by atoms with E-state index in [1.165, 1.54) is 16.9 Å². The number of aromatic nitrogens is 1. The third-order valence-corrected chi connectivity index (χ3v) is 4.81. The van der Waals surface area contributed by atoms with Crippen molar-refractivity contribution in [2.75, 3.05) is 0 Å². The Balaban J connectivity index is 1.98. The van der Waals surface area contributed by atoms with E-state index >= 15 is 0 Å². The summed E-state index contributed by atoms with van der Waals surface area (Å²) in [5.74, 6) is -0.901. The number of carbonyl (C=O) groups is 1. The van der Waals surface area contributed by atoms with E-state index in [1.807, 2.05) is 17.5 Å². The highest BCUT2D eigenvalue weighted by Crippen LogP contribution is 2.33. The number of aryl methyl sites for hydroxylation is 1. The average Bonchev–Trinajstić information content (AvgIpc) is 3.08. The van der Waals surface area contributed by atoms with Gasteiger partial charge in [-0.15, -0.1) is 22.7 Å². The molecule has 0 amide bonds. The molecule has 0 spiro atoms. The van der Waals surface area contributed by atoms with E-state index in [4.69, 9.17) is 5.11 Å². The van der Waals surface area contributed by atoms with Crippen LogP contribution in [0.25, 0.3) is 21.1 Å². The van der Waals surface area contributed by atoms with Crippen LogP contribution < -0.4 is 0 Å². The van der Waals surface area contributed by atoms with Crippen LogP contribution in [0.4, 0.5) is 0 Å². The molecule has 3 nitrogen and oxygen atoms in total. The lowest BCUT2D eigenvalue weighted by Gasteiger charge is -2.00. The van der Waals surface area contributed by atoms with Crippen molar-refractivity contribution in [1.29, 1.82) is 0 Å². The highest BCUT2D eigenvalue weighted by atomic mass is 32.1. The van der Waals surface area contributed by atoms with Gasteiger partial charge in [-0.25, -0.2) is 9.78 Å². The predicted molar refractivity (Wildman–Crippen MR) is 82.6 cm³/mol. The SMILES string of the molecule is Cc1ccccc1-c1nc(-c2cc(C(=O)O)cs2)cs1. The summed E-state index contributed by atoms with van der Waals surface area (Å²) in [6, 6.07) is 9.78. The third-order valence-electron chi connectivity index (χ3n) is 2.98. The smallest absolute Gasteiger partial charge is 0.336 e. The molecule has 0 bridgehead atoms. The number of nitrogens with zero attached hydrogens (tertiary/aromatic N) is 1. The lowest BCUT2D eigenvalue weighted by molar-refractivity contribution is 0.0697. The Hall–Kier alpha value is -1.98. The number of carboxylic acids is 1. The lowest BCUT2D eigenvalue weighted by atomic mass is 10.1. The van der Waals surface area contributed by atoms with E-state index in [0.29, 0.717) is 5.56 Å². The maximum Gasteiger partial charge on any atom is 0.336 e. The molecule has 3 rings (SSSR count). The second kappa shape index (κ2) is 5.19.